The van der Waals surface area contributed by atoms with Crippen LogP contribution in [-0.2, 0) is 14.6 Å². The molecule has 0 aromatic rings. The molecule has 15 heavy (non-hydrogen) atoms. The lowest BCUT2D eigenvalue weighted by Gasteiger charge is -2.20. The molecule has 0 radical (unpaired) electrons. The number of carbonyl (C=O) groups excluding carboxylic acids is 1. The Hall–Kier alpha value is -0.620. The van der Waals surface area contributed by atoms with Crippen molar-refractivity contribution in [2.45, 2.75) is 32.1 Å². The van der Waals surface area contributed by atoms with Gasteiger partial charge in [0.2, 0.25) is 5.91 Å². The molecule has 3 atom stereocenters. The van der Waals surface area contributed by atoms with E-state index in [-0.39, 0.29) is 18.6 Å². The summed E-state index contributed by atoms with van der Waals surface area (Å²) in [5, 5.41) is 10.4. The Morgan fingerprint density at radius 2 is 1.80 bits per heavy atom. The molecule has 0 rings (SSSR count). The number of rotatable bonds is 5. The average Bonchev–Trinajstić information content (AvgIpc) is 2.13. The third-order valence-electron chi connectivity index (χ3n) is 2.52. The van der Waals surface area contributed by atoms with Crippen molar-refractivity contribution in [1.82, 2.24) is 5.32 Å². The van der Waals surface area contributed by atoms with Crippen LogP contribution in [0.15, 0.2) is 0 Å². The standard InChI is InChI=1S/C9H19NO4S/c1-6(5-11)7(2)10-9(12)8(3)15(4,13)14/h6-8,11H,5H2,1-4H3,(H,10,12). The fraction of sp³-hybridized carbons (Fsp3) is 0.889. The highest BCUT2D eigenvalue weighted by Crippen LogP contribution is 2.03. The minimum atomic E-state index is -3.35. The lowest BCUT2D eigenvalue weighted by atomic mass is 10.1. The van der Waals surface area contributed by atoms with E-state index in [2.05, 4.69) is 5.32 Å². The molecule has 0 saturated heterocycles. The highest BCUT2D eigenvalue weighted by Gasteiger charge is 2.25. The maximum atomic E-state index is 11.4. The Bertz CT molecular complexity index is 312. The van der Waals surface area contributed by atoms with E-state index in [1.807, 2.05) is 0 Å². The number of amides is 1. The summed E-state index contributed by atoms with van der Waals surface area (Å²) < 4.78 is 22.2. The second-order valence-corrected chi connectivity index (χ2v) is 6.30. The van der Waals surface area contributed by atoms with Gasteiger partial charge in [0.1, 0.15) is 5.25 Å². The molecule has 1 amide bonds. The van der Waals surface area contributed by atoms with Crippen LogP contribution in [0.5, 0.6) is 0 Å². The zero-order valence-electron chi connectivity index (χ0n) is 9.52. The number of nitrogens with one attached hydrogen (secondary N) is 1. The summed E-state index contributed by atoms with van der Waals surface area (Å²) in [6, 6.07) is -0.244. The normalized spacial score (nSPS) is 17.9. The van der Waals surface area contributed by atoms with Crippen LogP contribution in [0.3, 0.4) is 0 Å². The average molecular weight is 237 g/mol. The van der Waals surface area contributed by atoms with E-state index in [9.17, 15) is 13.2 Å². The van der Waals surface area contributed by atoms with Crippen molar-refractivity contribution in [2.75, 3.05) is 12.9 Å². The van der Waals surface area contributed by atoms with E-state index in [0.29, 0.717) is 0 Å². The number of hydrogen-bond acceptors (Lipinski definition) is 4. The molecular formula is C9H19NO4S. The molecule has 0 spiro atoms. The lowest BCUT2D eigenvalue weighted by molar-refractivity contribution is -0.121. The molecule has 5 nitrogen and oxygen atoms in total. The minimum Gasteiger partial charge on any atom is -0.396 e. The SMILES string of the molecule is CC(CO)C(C)NC(=O)C(C)S(C)(=O)=O. The molecule has 0 bridgehead atoms. The summed E-state index contributed by atoms with van der Waals surface area (Å²) in [5.74, 6) is -0.619. The van der Waals surface area contributed by atoms with Gasteiger partial charge in [-0.3, -0.25) is 4.79 Å². The smallest absolute Gasteiger partial charge is 0.238 e. The van der Waals surface area contributed by atoms with Crippen LogP contribution in [0.2, 0.25) is 0 Å². The van der Waals surface area contributed by atoms with E-state index < -0.39 is 21.0 Å². The molecule has 0 aliphatic heterocycles. The first-order valence-corrected chi connectivity index (χ1v) is 6.75. The largest absolute Gasteiger partial charge is 0.396 e. The molecule has 90 valence electrons. The van der Waals surface area contributed by atoms with Crippen molar-refractivity contribution in [1.29, 1.82) is 0 Å². The second kappa shape index (κ2) is 5.46. The number of sulfone groups is 1. The predicted molar refractivity (Wildman–Crippen MR) is 58.2 cm³/mol. The van der Waals surface area contributed by atoms with Crippen molar-refractivity contribution in [3.05, 3.63) is 0 Å². The predicted octanol–water partition coefficient (Wildman–Crippen LogP) is -0.447. The van der Waals surface area contributed by atoms with Gasteiger partial charge in [0.05, 0.1) is 0 Å². The maximum absolute atomic E-state index is 11.4. The highest BCUT2D eigenvalue weighted by molar-refractivity contribution is 7.92. The van der Waals surface area contributed by atoms with Crippen molar-refractivity contribution < 1.29 is 18.3 Å². The van der Waals surface area contributed by atoms with Gasteiger partial charge in [-0.05, 0) is 19.8 Å². The first-order valence-electron chi connectivity index (χ1n) is 4.80. The van der Waals surface area contributed by atoms with Crippen molar-refractivity contribution in [3.8, 4) is 0 Å². The van der Waals surface area contributed by atoms with Crippen LogP contribution in [0.25, 0.3) is 0 Å². The number of aliphatic hydroxyl groups is 1. The minimum absolute atomic E-state index is 0.0469. The van der Waals surface area contributed by atoms with Crippen molar-refractivity contribution >= 4 is 15.7 Å². The first-order chi connectivity index (χ1) is 6.70. The summed E-state index contributed by atoms with van der Waals surface area (Å²) in [5.41, 5.74) is 0. The van der Waals surface area contributed by atoms with Gasteiger partial charge in [-0.25, -0.2) is 8.42 Å². The zero-order valence-corrected chi connectivity index (χ0v) is 10.3. The molecule has 3 unspecified atom stereocenters. The van der Waals surface area contributed by atoms with Gasteiger partial charge in [0, 0.05) is 18.9 Å². The molecule has 0 aliphatic rings. The summed E-state index contributed by atoms with van der Waals surface area (Å²) in [4.78, 5) is 11.4. The van der Waals surface area contributed by atoms with E-state index in [4.69, 9.17) is 5.11 Å². The summed E-state index contributed by atoms with van der Waals surface area (Å²) >= 11 is 0. The van der Waals surface area contributed by atoms with Crippen LogP contribution in [-0.4, -0.2) is 43.6 Å². The molecule has 0 heterocycles. The maximum Gasteiger partial charge on any atom is 0.238 e. The monoisotopic (exact) mass is 237 g/mol. The molecule has 0 fully saturated rings. The fourth-order valence-electron chi connectivity index (χ4n) is 0.837. The lowest BCUT2D eigenvalue weighted by Crippen LogP contribution is -2.45. The first kappa shape index (κ1) is 14.4. The van der Waals surface area contributed by atoms with Crippen LogP contribution in [0.1, 0.15) is 20.8 Å². The van der Waals surface area contributed by atoms with Gasteiger partial charge in [-0.1, -0.05) is 6.92 Å². The van der Waals surface area contributed by atoms with Gasteiger partial charge < -0.3 is 10.4 Å². The van der Waals surface area contributed by atoms with Crippen LogP contribution in [0.4, 0.5) is 0 Å². The van der Waals surface area contributed by atoms with Crippen molar-refractivity contribution in [2.24, 2.45) is 5.92 Å². The Morgan fingerprint density at radius 3 is 2.13 bits per heavy atom. The number of aliphatic hydroxyl groups excluding tert-OH is 1. The summed E-state index contributed by atoms with van der Waals surface area (Å²) in [7, 11) is -3.35. The third kappa shape index (κ3) is 4.61. The van der Waals surface area contributed by atoms with Gasteiger partial charge in [-0.2, -0.15) is 0 Å². The van der Waals surface area contributed by atoms with Crippen molar-refractivity contribution in [3.63, 3.8) is 0 Å². The third-order valence-corrected chi connectivity index (χ3v) is 4.02. The topological polar surface area (TPSA) is 83.5 Å². The number of hydrogen-bond donors (Lipinski definition) is 2. The van der Waals surface area contributed by atoms with E-state index in [1.54, 1.807) is 13.8 Å². The molecular weight excluding hydrogens is 218 g/mol. The van der Waals surface area contributed by atoms with Gasteiger partial charge in [0.15, 0.2) is 9.84 Å². The van der Waals surface area contributed by atoms with Gasteiger partial charge in [0.25, 0.3) is 0 Å². The Labute approximate surface area is 90.8 Å². The van der Waals surface area contributed by atoms with E-state index in [1.165, 1.54) is 6.92 Å². The van der Waals surface area contributed by atoms with Gasteiger partial charge >= 0.3 is 0 Å². The highest BCUT2D eigenvalue weighted by atomic mass is 32.2. The Kier molecular flexibility index (Phi) is 5.23. The molecule has 0 aliphatic carbocycles. The van der Waals surface area contributed by atoms with E-state index >= 15 is 0 Å². The fourth-order valence-corrected chi connectivity index (χ4v) is 1.29. The van der Waals surface area contributed by atoms with Crippen LogP contribution >= 0.6 is 0 Å². The Morgan fingerprint density at radius 1 is 1.33 bits per heavy atom. The molecule has 0 aromatic heterocycles. The quantitative estimate of drug-likeness (QED) is 0.678. The molecule has 0 saturated carbocycles. The van der Waals surface area contributed by atoms with Crippen LogP contribution in [0, 0.1) is 5.92 Å². The van der Waals surface area contributed by atoms with Crippen LogP contribution < -0.4 is 5.32 Å². The summed E-state index contributed by atoms with van der Waals surface area (Å²) in [6.07, 6.45) is 1.03. The molecule has 2 N–H and O–H groups in total. The van der Waals surface area contributed by atoms with Gasteiger partial charge in [-0.15, -0.1) is 0 Å². The molecule has 6 heteroatoms. The second-order valence-electron chi connectivity index (χ2n) is 3.93. The Balaban J connectivity index is 4.39. The summed E-state index contributed by atoms with van der Waals surface area (Å²) in [6.45, 7) is 4.81. The van der Waals surface area contributed by atoms with E-state index in [0.717, 1.165) is 6.26 Å². The molecule has 0 aromatic carbocycles. The zero-order chi connectivity index (χ0) is 12.2. The number of carbonyl (C=O) groups is 1.